The van der Waals surface area contributed by atoms with Crippen molar-refractivity contribution in [2.24, 2.45) is 11.8 Å². The summed E-state index contributed by atoms with van der Waals surface area (Å²) < 4.78 is 5.40. The van der Waals surface area contributed by atoms with Crippen LogP contribution in [0.2, 0.25) is 5.02 Å². The molecule has 2 aliphatic rings. The Kier molecular flexibility index (Phi) is 4.70. The van der Waals surface area contributed by atoms with Gasteiger partial charge >= 0.3 is 5.97 Å². The zero-order valence-electron chi connectivity index (χ0n) is 14.6. The van der Waals surface area contributed by atoms with Crippen LogP contribution >= 0.6 is 11.6 Å². The average Bonchev–Trinajstić information content (AvgIpc) is 2.93. The van der Waals surface area contributed by atoms with Crippen molar-refractivity contribution in [1.82, 2.24) is 0 Å². The quantitative estimate of drug-likeness (QED) is 0.452. The summed E-state index contributed by atoms with van der Waals surface area (Å²) in [6.07, 6.45) is 3.48. The van der Waals surface area contributed by atoms with Gasteiger partial charge in [0.15, 0.2) is 0 Å². The number of carbonyl (C=O) groups excluding carboxylic acids is 3. The number of imide groups is 1. The Bertz CT molecular complexity index is 885. The minimum Gasteiger partial charge on any atom is -0.423 e. The minimum absolute atomic E-state index is 0.147. The predicted molar refractivity (Wildman–Crippen MR) is 101 cm³/mol. The molecule has 0 N–H and O–H groups in total. The molecule has 2 aromatic rings. The highest BCUT2D eigenvalue weighted by molar-refractivity contribution is 6.30. The van der Waals surface area contributed by atoms with Crippen LogP contribution in [0.15, 0.2) is 48.5 Å². The molecule has 27 heavy (non-hydrogen) atoms. The van der Waals surface area contributed by atoms with E-state index in [-0.39, 0.29) is 29.4 Å². The summed E-state index contributed by atoms with van der Waals surface area (Å²) in [6.45, 7) is 0. The van der Waals surface area contributed by atoms with Crippen molar-refractivity contribution in [2.75, 3.05) is 4.90 Å². The summed E-state index contributed by atoms with van der Waals surface area (Å²) in [4.78, 5) is 39.0. The molecule has 2 unspecified atom stereocenters. The Morgan fingerprint density at radius 3 is 2.22 bits per heavy atom. The molecule has 1 heterocycles. The van der Waals surface area contributed by atoms with E-state index in [4.69, 9.17) is 16.3 Å². The van der Waals surface area contributed by atoms with Crippen LogP contribution in [0.25, 0.3) is 0 Å². The van der Waals surface area contributed by atoms with Gasteiger partial charge in [-0.2, -0.15) is 0 Å². The molecular formula is C21H18ClNO4. The summed E-state index contributed by atoms with van der Waals surface area (Å²) in [6, 6.07) is 12.9. The van der Waals surface area contributed by atoms with Gasteiger partial charge < -0.3 is 4.74 Å². The second-order valence-electron chi connectivity index (χ2n) is 6.90. The summed E-state index contributed by atoms with van der Waals surface area (Å²) >= 11 is 5.83. The van der Waals surface area contributed by atoms with E-state index in [1.165, 1.54) is 4.90 Å². The molecule has 138 valence electrons. The van der Waals surface area contributed by atoms with Gasteiger partial charge in [0.1, 0.15) is 5.75 Å². The number of amides is 2. The van der Waals surface area contributed by atoms with Crippen molar-refractivity contribution in [3.8, 4) is 5.75 Å². The van der Waals surface area contributed by atoms with E-state index in [1.807, 2.05) is 0 Å². The molecule has 2 amide bonds. The largest absolute Gasteiger partial charge is 0.423 e. The van der Waals surface area contributed by atoms with E-state index < -0.39 is 5.97 Å². The summed E-state index contributed by atoms with van der Waals surface area (Å²) in [5.41, 5.74) is 0.810. The lowest BCUT2D eigenvalue weighted by molar-refractivity contribution is -0.122. The SMILES string of the molecule is O=C(Oc1cccc(N2C(=O)C3CCCCC3C2=O)c1)c1ccc(Cl)cc1. The molecule has 2 atom stereocenters. The molecule has 5 nitrogen and oxygen atoms in total. The lowest BCUT2D eigenvalue weighted by Crippen LogP contribution is -2.30. The Hall–Kier alpha value is -2.66. The van der Waals surface area contributed by atoms with E-state index >= 15 is 0 Å². The fraction of sp³-hybridized carbons (Fsp3) is 0.286. The minimum atomic E-state index is -0.531. The van der Waals surface area contributed by atoms with E-state index in [1.54, 1.807) is 48.5 Å². The van der Waals surface area contributed by atoms with Crippen LogP contribution in [-0.4, -0.2) is 17.8 Å². The fourth-order valence-electron chi connectivity index (χ4n) is 3.85. The monoisotopic (exact) mass is 383 g/mol. The van der Waals surface area contributed by atoms with Crippen LogP contribution in [0.3, 0.4) is 0 Å². The number of ether oxygens (including phenoxy) is 1. The highest BCUT2D eigenvalue weighted by atomic mass is 35.5. The first kappa shape index (κ1) is 17.7. The molecule has 1 aliphatic heterocycles. The molecule has 1 saturated carbocycles. The number of halogens is 1. The maximum absolute atomic E-state index is 12.7. The van der Waals surface area contributed by atoms with Gasteiger partial charge in [0, 0.05) is 11.1 Å². The molecule has 0 radical (unpaired) electrons. The van der Waals surface area contributed by atoms with Crippen LogP contribution in [0.4, 0.5) is 5.69 Å². The number of carbonyl (C=O) groups is 3. The molecule has 2 aromatic carbocycles. The van der Waals surface area contributed by atoms with Crippen molar-refractivity contribution < 1.29 is 19.1 Å². The van der Waals surface area contributed by atoms with Crippen molar-refractivity contribution in [1.29, 1.82) is 0 Å². The molecular weight excluding hydrogens is 366 g/mol. The highest BCUT2D eigenvalue weighted by Crippen LogP contribution is 2.40. The molecule has 0 aromatic heterocycles. The topological polar surface area (TPSA) is 63.7 Å². The summed E-state index contributed by atoms with van der Waals surface area (Å²) in [5, 5.41) is 0.529. The standard InChI is InChI=1S/C21H18ClNO4/c22-14-10-8-13(9-11-14)21(26)27-16-5-3-4-15(12-16)23-19(24)17-6-1-2-7-18(17)20(23)25/h3-5,8-12,17-18H,1-2,6-7H2. The van der Waals surface area contributed by atoms with Gasteiger partial charge in [-0.25, -0.2) is 9.69 Å². The van der Waals surface area contributed by atoms with Gasteiger partial charge in [0.2, 0.25) is 11.8 Å². The van der Waals surface area contributed by atoms with Crippen molar-refractivity contribution in [3.63, 3.8) is 0 Å². The molecule has 1 aliphatic carbocycles. The first-order valence-electron chi connectivity index (χ1n) is 9.00. The van der Waals surface area contributed by atoms with Crippen LogP contribution in [-0.2, 0) is 9.59 Å². The number of nitrogens with zero attached hydrogens (tertiary/aromatic N) is 1. The van der Waals surface area contributed by atoms with Gasteiger partial charge in [0.25, 0.3) is 0 Å². The molecule has 0 bridgehead atoms. The van der Waals surface area contributed by atoms with Gasteiger partial charge in [-0.3, -0.25) is 9.59 Å². The Morgan fingerprint density at radius 2 is 1.59 bits per heavy atom. The molecule has 2 fully saturated rings. The number of hydrogen-bond acceptors (Lipinski definition) is 4. The highest BCUT2D eigenvalue weighted by Gasteiger charge is 2.48. The van der Waals surface area contributed by atoms with Crippen LogP contribution in [0, 0.1) is 11.8 Å². The smallest absolute Gasteiger partial charge is 0.343 e. The average molecular weight is 384 g/mol. The second kappa shape index (κ2) is 7.16. The van der Waals surface area contributed by atoms with Crippen LogP contribution in [0.5, 0.6) is 5.75 Å². The summed E-state index contributed by atoms with van der Waals surface area (Å²) in [7, 11) is 0. The zero-order chi connectivity index (χ0) is 19.0. The van der Waals surface area contributed by atoms with Crippen LogP contribution in [0.1, 0.15) is 36.0 Å². The Labute approximate surface area is 161 Å². The third-order valence-corrected chi connectivity index (χ3v) is 5.46. The maximum Gasteiger partial charge on any atom is 0.343 e. The number of anilines is 1. The Morgan fingerprint density at radius 1 is 0.963 bits per heavy atom. The van der Waals surface area contributed by atoms with E-state index in [2.05, 4.69) is 0 Å². The zero-order valence-corrected chi connectivity index (χ0v) is 15.3. The maximum atomic E-state index is 12.7. The van der Waals surface area contributed by atoms with E-state index in [0.717, 1.165) is 25.7 Å². The second-order valence-corrected chi connectivity index (χ2v) is 7.34. The van der Waals surface area contributed by atoms with Crippen molar-refractivity contribution in [3.05, 3.63) is 59.1 Å². The van der Waals surface area contributed by atoms with Gasteiger partial charge in [-0.1, -0.05) is 30.5 Å². The predicted octanol–water partition coefficient (Wildman–Crippen LogP) is 4.24. The number of rotatable bonds is 3. The van der Waals surface area contributed by atoms with Gasteiger partial charge in [0.05, 0.1) is 23.1 Å². The first-order valence-corrected chi connectivity index (χ1v) is 9.38. The molecule has 1 saturated heterocycles. The van der Waals surface area contributed by atoms with Crippen molar-refractivity contribution in [2.45, 2.75) is 25.7 Å². The summed E-state index contributed by atoms with van der Waals surface area (Å²) in [5.74, 6) is -0.978. The molecule has 0 spiro atoms. The van der Waals surface area contributed by atoms with Gasteiger partial charge in [-0.15, -0.1) is 0 Å². The molecule has 4 rings (SSSR count). The normalized spacial score (nSPS) is 21.9. The van der Waals surface area contributed by atoms with Crippen LogP contribution < -0.4 is 9.64 Å². The number of benzene rings is 2. The Balaban J connectivity index is 1.56. The number of esters is 1. The van der Waals surface area contributed by atoms with Crippen molar-refractivity contribution >= 4 is 35.1 Å². The lowest BCUT2D eigenvalue weighted by Gasteiger charge is -2.19. The molecule has 6 heteroatoms. The first-order chi connectivity index (χ1) is 13.0. The number of hydrogen-bond donors (Lipinski definition) is 0. The van der Waals surface area contributed by atoms with E-state index in [9.17, 15) is 14.4 Å². The van der Waals surface area contributed by atoms with E-state index in [0.29, 0.717) is 16.3 Å². The lowest BCUT2D eigenvalue weighted by atomic mass is 9.81. The fourth-order valence-corrected chi connectivity index (χ4v) is 3.98. The third-order valence-electron chi connectivity index (χ3n) is 5.21. The van der Waals surface area contributed by atoms with Gasteiger partial charge in [-0.05, 0) is 49.2 Å². The number of fused-ring (bicyclic) bond motifs is 1. The third kappa shape index (κ3) is 3.35.